The van der Waals surface area contributed by atoms with Crippen LogP contribution in [0.1, 0.15) is 37.3 Å². The quantitative estimate of drug-likeness (QED) is 0.793. The van der Waals surface area contributed by atoms with Gasteiger partial charge in [0.25, 0.3) is 0 Å². The molecule has 1 heterocycles. The SMILES string of the molecule is CCCNC(=O)NCCc1csc2ccc(CC3CC3)cc12. The zero-order chi connectivity index (χ0) is 15.4. The first-order chi connectivity index (χ1) is 10.8. The molecule has 0 aliphatic heterocycles. The molecule has 1 saturated carbocycles. The molecule has 1 aliphatic rings. The first-order valence-corrected chi connectivity index (χ1v) is 9.15. The Hall–Kier alpha value is -1.55. The van der Waals surface area contributed by atoms with Gasteiger partial charge in [0, 0.05) is 17.8 Å². The van der Waals surface area contributed by atoms with E-state index in [1.54, 1.807) is 11.3 Å². The number of nitrogens with one attached hydrogen (secondary N) is 2. The van der Waals surface area contributed by atoms with E-state index in [0.717, 1.165) is 25.3 Å². The molecule has 118 valence electrons. The Balaban J connectivity index is 1.59. The van der Waals surface area contributed by atoms with Crippen LogP contribution in [-0.4, -0.2) is 19.1 Å². The van der Waals surface area contributed by atoms with E-state index in [-0.39, 0.29) is 6.03 Å². The van der Waals surface area contributed by atoms with E-state index in [4.69, 9.17) is 0 Å². The van der Waals surface area contributed by atoms with Gasteiger partial charge in [-0.1, -0.05) is 19.1 Å². The third-order valence-electron chi connectivity index (χ3n) is 4.15. The summed E-state index contributed by atoms with van der Waals surface area (Å²) in [5.41, 5.74) is 2.82. The van der Waals surface area contributed by atoms with Crippen molar-refractivity contribution in [3.8, 4) is 0 Å². The largest absolute Gasteiger partial charge is 0.338 e. The minimum atomic E-state index is -0.0594. The first kappa shape index (κ1) is 15.3. The lowest BCUT2D eigenvalue weighted by Gasteiger charge is -2.06. The third kappa shape index (κ3) is 4.01. The number of amides is 2. The van der Waals surface area contributed by atoms with Gasteiger partial charge in [-0.05, 0) is 66.0 Å². The molecule has 0 bridgehead atoms. The van der Waals surface area contributed by atoms with Crippen molar-refractivity contribution in [2.75, 3.05) is 13.1 Å². The van der Waals surface area contributed by atoms with Crippen LogP contribution in [0.5, 0.6) is 0 Å². The van der Waals surface area contributed by atoms with Crippen LogP contribution < -0.4 is 10.6 Å². The van der Waals surface area contributed by atoms with Gasteiger partial charge in [-0.3, -0.25) is 0 Å². The van der Waals surface area contributed by atoms with Crippen LogP contribution in [0.25, 0.3) is 10.1 Å². The molecule has 4 heteroatoms. The van der Waals surface area contributed by atoms with E-state index in [1.165, 1.54) is 40.5 Å². The zero-order valence-corrected chi connectivity index (χ0v) is 14.0. The summed E-state index contributed by atoms with van der Waals surface area (Å²) < 4.78 is 1.35. The Morgan fingerprint density at radius 1 is 1.27 bits per heavy atom. The number of urea groups is 1. The summed E-state index contributed by atoms with van der Waals surface area (Å²) in [6.45, 7) is 3.48. The molecule has 2 amide bonds. The lowest BCUT2D eigenvalue weighted by Crippen LogP contribution is -2.36. The molecule has 3 rings (SSSR count). The van der Waals surface area contributed by atoms with Gasteiger partial charge in [0.15, 0.2) is 0 Å². The highest BCUT2D eigenvalue weighted by atomic mass is 32.1. The minimum Gasteiger partial charge on any atom is -0.338 e. The molecule has 1 aromatic heterocycles. The van der Waals surface area contributed by atoms with Gasteiger partial charge in [0.1, 0.15) is 0 Å². The zero-order valence-electron chi connectivity index (χ0n) is 13.2. The summed E-state index contributed by atoms with van der Waals surface area (Å²) in [5, 5.41) is 9.38. The minimum absolute atomic E-state index is 0.0594. The Labute approximate surface area is 136 Å². The molecule has 1 fully saturated rings. The molecule has 0 unspecified atom stereocenters. The summed E-state index contributed by atoms with van der Waals surface area (Å²) in [7, 11) is 0. The molecule has 0 saturated heterocycles. The number of hydrogen-bond donors (Lipinski definition) is 2. The summed E-state index contributed by atoms with van der Waals surface area (Å²) in [6, 6.07) is 6.83. The van der Waals surface area contributed by atoms with Crippen molar-refractivity contribution in [3.63, 3.8) is 0 Å². The Morgan fingerprint density at radius 2 is 2.09 bits per heavy atom. The molecule has 0 radical (unpaired) electrons. The fourth-order valence-corrected chi connectivity index (χ4v) is 3.69. The van der Waals surface area contributed by atoms with Crippen LogP contribution in [0.3, 0.4) is 0 Å². The van der Waals surface area contributed by atoms with E-state index >= 15 is 0 Å². The standard InChI is InChI=1S/C18H24N2OS/c1-2-8-19-18(21)20-9-7-15-12-22-17-6-5-14(11-16(15)17)10-13-3-4-13/h5-6,11-13H,2-4,7-10H2,1H3,(H2,19,20,21). The number of thiophene rings is 1. The van der Waals surface area contributed by atoms with Gasteiger partial charge in [-0.25, -0.2) is 4.79 Å². The lowest BCUT2D eigenvalue weighted by molar-refractivity contribution is 0.241. The van der Waals surface area contributed by atoms with E-state index in [9.17, 15) is 4.79 Å². The molecule has 2 aromatic rings. The number of carbonyl (C=O) groups is 1. The van der Waals surface area contributed by atoms with Crippen molar-refractivity contribution in [1.29, 1.82) is 0 Å². The molecule has 1 aromatic carbocycles. The molecule has 2 N–H and O–H groups in total. The second-order valence-electron chi connectivity index (χ2n) is 6.17. The van der Waals surface area contributed by atoms with Gasteiger partial charge in [-0.2, -0.15) is 0 Å². The van der Waals surface area contributed by atoms with E-state index in [0.29, 0.717) is 6.54 Å². The number of benzene rings is 1. The van der Waals surface area contributed by atoms with Gasteiger partial charge in [-0.15, -0.1) is 11.3 Å². The van der Waals surface area contributed by atoms with Crippen molar-refractivity contribution in [2.24, 2.45) is 5.92 Å². The Kier molecular flexibility index (Phi) is 4.98. The van der Waals surface area contributed by atoms with Crippen LogP contribution in [0.2, 0.25) is 0 Å². The molecule has 3 nitrogen and oxygen atoms in total. The van der Waals surface area contributed by atoms with Crippen molar-refractivity contribution in [2.45, 2.75) is 39.0 Å². The molecular formula is C18H24N2OS. The highest BCUT2D eigenvalue weighted by Gasteiger charge is 2.21. The third-order valence-corrected chi connectivity index (χ3v) is 5.17. The molecule has 0 spiro atoms. The van der Waals surface area contributed by atoms with Crippen LogP contribution in [0.4, 0.5) is 4.79 Å². The number of carbonyl (C=O) groups excluding carboxylic acids is 1. The van der Waals surface area contributed by atoms with Crippen LogP contribution in [0, 0.1) is 5.92 Å². The smallest absolute Gasteiger partial charge is 0.314 e. The summed E-state index contributed by atoms with van der Waals surface area (Å²) in [4.78, 5) is 11.6. The van der Waals surface area contributed by atoms with E-state index < -0.39 is 0 Å². The van der Waals surface area contributed by atoms with Gasteiger partial charge < -0.3 is 10.6 Å². The maximum atomic E-state index is 11.6. The predicted molar refractivity (Wildman–Crippen MR) is 93.6 cm³/mol. The maximum Gasteiger partial charge on any atom is 0.314 e. The summed E-state index contributed by atoms with van der Waals surface area (Å²) in [5.74, 6) is 0.920. The van der Waals surface area contributed by atoms with E-state index in [2.05, 4.69) is 41.1 Å². The topological polar surface area (TPSA) is 41.1 Å². The highest BCUT2D eigenvalue weighted by molar-refractivity contribution is 7.17. The highest BCUT2D eigenvalue weighted by Crippen LogP contribution is 2.34. The molecule has 0 atom stereocenters. The number of fused-ring (bicyclic) bond motifs is 1. The Bertz CT molecular complexity index is 646. The van der Waals surface area contributed by atoms with Gasteiger partial charge in [0.05, 0.1) is 0 Å². The normalized spacial score (nSPS) is 14.2. The van der Waals surface area contributed by atoms with Crippen LogP contribution >= 0.6 is 11.3 Å². The second-order valence-corrected chi connectivity index (χ2v) is 7.08. The fraction of sp³-hybridized carbons (Fsp3) is 0.500. The first-order valence-electron chi connectivity index (χ1n) is 8.27. The number of hydrogen-bond acceptors (Lipinski definition) is 2. The number of rotatable bonds is 7. The monoisotopic (exact) mass is 316 g/mol. The fourth-order valence-electron chi connectivity index (χ4n) is 2.72. The molecular weight excluding hydrogens is 292 g/mol. The van der Waals surface area contributed by atoms with Crippen molar-refractivity contribution >= 4 is 27.5 Å². The molecule has 1 aliphatic carbocycles. The van der Waals surface area contributed by atoms with Crippen molar-refractivity contribution < 1.29 is 4.79 Å². The lowest BCUT2D eigenvalue weighted by atomic mass is 10.0. The average Bonchev–Trinajstić information content (AvgIpc) is 3.25. The van der Waals surface area contributed by atoms with Crippen molar-refractivity contribution in [1.82, 2.24) is 10.6 Å². The second kappa shape index (κ2) is 7.14. The Morgan fingerprint density at radius 3 is 2.86 bits per heavy atom. The van der Waals surface area contributed by atoms with Gasteiger partial charge >= 0.3 is 6.03 Å². The van der Waals surface area contributed by atoms with Crippen molar-refractivity contribution in [3.05, 3.63) is 34.7 Å². The maximum absolute atomic E-state index is 11.6. The predicted octanol–water partition coefficient (Wildman–Crippen LogP) is 4.11. The summed E-state index contributed by atoms with van der Waals surface area (Å²) in [6.07, 6.45) is 5.87. The summed E-state index contributed by atoms with van der Waals surface area (Å²) >= 11 is 1.80. The van der Waals surface area contributed by atoms with Crippen LogP contribution in [-0.2, 0) is 12.8 Å². The van der Waals surface area contributed by atoms with Crippen LogP contribution in [0.15, 0.2) is 23.6 Å². The average molecular weight is 316 g/mol. The van der Waals surface area contributed by atoms with Gasteiger partial charge in [0.2, 0.25) is 0 Å². The molecule has 22 heavy (non-hydrogen) atoms. The van der Waals surface area contributed by atoms with E-state index in [1.807, 2.05) is 0 Å².